The molecular weight excluding hydrogens is 280 g/mol. The summed E-state index contributed by atoms with van der Waals surface area (Å²) < 4.78 is 5.39. The van der Waals surface area contributed by atoms with Gasteiger partial charge >= 0.3 is 6.09 Å². The number of hydrogen-bond acceptors (Lipinski definition) is 3. The Bertz CT molecular complexity index is 573. The standard InChI is InChI=1S/C17H20N2O3/c20-16-15(11-18-16)19-17(21)22-14-8-6-13(7-9-14)10-12-4-2-1-3-5-12/h1-5,10,14-15H,6-9,11H2,(H,18,20)(H,19,21)/t14?,15-/m0/s1. The van der Waals surface area contributed by atoms with Crippen molar-refractivity contribution in [3.8, 4) is 0 Å². The van der Waals surface area contributed by atoms with Gasteiger partial charge in [-0.2, -0.15) is 0 Å². The van der Waals surface area contributed by atoms with E-state index >= 15 is 0 Å². The molecule has 1 saturated carbocycles. The molecule has 1 saturated heterocycles. The van der Waals surface area contributed by atoms with Gasteiger partial charge in [0.1, 0.15) is 12.1 Å². The van der Waals surface area contributed by atoms with Gasteiger partial charge in [0.15, 0.2) is 0 Å². The molecule has 0 aromatic heterocycles. The zero-order chi connectivity index (χ0) is 15.4. The zero-order valence-electron chi connectivity index (χ0n) is 12.4. The molecule has 2 fully saturated rings. The Hall–Kier alpha value is -2.30. The second-order valence-corrected chi connectivity index (χ2v) is 5.76. The summed E-state index contributed by atoms with van der Waals surface area (Å²) in [5, 5.41) is 5.16. The van der Waals surface area contributed by atoms with Gasteiger partial charge in [-0.15, -0.1) is 0 Å². The van der Waals surface area contributed by atoms with Gasteiger partial charge < -0.3 is 15.4 Å². The van der Waals surface area contributed by atoms with Gasteiger partial charge in [0, 0.05) is 6.54 Å². The lowest BCUT2D eigenvalue weighted by atomic mass is 9.91. The van der Waals surface area contributed by atoms with Crippen LogP contribution in [0.1, 0.15) is 31.2 Å². The first-order valence-electron chi connectivity index (χ1n) is 7.70. The van der Waals surface area contributed by atoms with Crippen LogP contribution >= 0.6 is 0 Å². The minimum atomic E-state index is -0.486. The summed E-state index contributed by atoms with van der Waals surface area (Å²) in [6.07, 6.45) is 5.23. The lowest BCUT2D eigenvalue weighted by molar-refractivity contribution is -0.128. The van der Waals surface area contributed by atoms with E-state index in [4.69, 9.17) is 4.74 Å². The maximum Gasteiger partial charge on any atom is 0.408 e. The molecule has 1 heterocycles. The van der Waals surface area contributed by atoms with E-state index in [1.807, 2.05) is 18.2 Å². The molecule has 0 bridgehead atoms. The number of rotatable bonds is 3. The second kappa shape index (κ2) is 6.64. The van der Waals surface area contributed by atoms with Crippen LogP contribution in [-0.2, 0) is 9.53 Å². The molecule has 1 aliphatic carbocycles. The Morgan fingerprint density at radius 2 is 1.95 bits per heavy atom. The molecule has 3 rings (SSSR count). The summed E-state index contributed by atoms with van der Waals surface area (Å²) in [7, 11) is 0. The summed E-state index contributed by atoms with van der Waals surface area (Å²) in [4.78, 5) is 22.8. The summed E-state index contributed by atoms with van der Waals surface area (Å²) in [5.41, 5.74) is 2.61. The largest absolute Gasteiger partial charge is 0.446 e. The monoisotopic (exact) mass is 300 g/mol. The quantitative estimate of drug-likeness (QED) is 0.841. The molecule has 1 aromatic rings. The molecule has 1 aliphatic heterocycles. The first-order valence-corrected chi connectivity index (χ1v) is 7.70. The fraction of sp³-hybridized carbons (Fsp3) is 0.412. The molecule has 2 N–H and O–H groups in total. The zero-order valence-corrected chi connectivity index (χ0v) is 12.4. The maximum absolute atomic E-state index is 11.7. The number of alkyl carbamates (subject to hydrolysis) is 1. The summed E-state index contributed by atoms with van der Waals surface area (Å²) in [6, 6.07) is 9.82. The highest BCUT2D eigenvalue weighted by molar-refractivity contribution is 5.90. The highest BCUT2D eigenvalue weighted by atomic mass is 16.6. The molecule has 2 amide bonds. The summed E-state index contributed by atoms with van der Waals surface area (Å²) in [5.74, 6) is -0.145. The van der Waals surface area contributed by atoms with Crippen molar-refractivity contribution in [2.24, 2.45) is 0 Å². The third-order valence-corrected chi connectivity index (χ3v) is 4.11. The van der Waals surface area contributed by atoms with Crippen LogP contribution in [0.25, 0.3) is 6.08 Å². The van der Waals surface area contributed by atoms with E-state index in [9.17, 15) is 9.59 Å². The van der Waals surface area contributed by atoms with Gasteiger partial charge in [0.2, 0.25) is 5.91 Å². The van der Waals surface area contributed by atoms with E-state index in [1.54, 1.807) is 0 Å². The molecular formula is C17H20N2O3. The van der Waals surface area contributed by atoms with Gasteiger partial charge in [-0.25, -0.2) is 4.79 Å². The van der Waals surface area contributed by atoms with Crippen LogP contribution in [0.4, 0.5) is 4.79 Å². The van der Waals surface area contributed by atoms with Crippen LogP contribution in [0.2, 0.25) is 0 Å². The lowest BCUT2D eigenvalue weighted by Gasteiger charge is -2.28. The summed E-state index contributed by atoms with van der Waals surface area (Å²) >= 11 is 0. The van der Waals surface area contributed by atoms with Crippen molar-refractivity contribution in [1.82, 2.24) is 10.6 Å². The maximum atomic E-state index is 11.7. The Balaban J connectivity index is 1.44. The van der Waals surface area contributed by atoms with Crippen LogP contribution < -0.4 is 10.6 Å². The number of carbonyl (C=O) groups is 2. The second-order valence-electron chi connectivity index (χ2n) is 5.76. The van der Waals surface area contributed by atoms with Crippen molar-refractivity contribution in [3.05, 3.63) is 41.5 Å². The predicted molar refractivity (Wildman–Crippen MR) is 83.1 cm³/mol. The van der Waals surface area contributed by atoms with Crippen LogP contribution in [0.5, 0.6) is 0 Å². The minimum Gasteiger partial charge on any atom is -0.446 e. The fourth-order valence-electron chi connectivity index (χ4n) is 2.74. The molecule has 0 radical (unpaired) electrons. The fourth-order valence-corrected chi connectivity index (χ4v) is 2.74. The van der Waals surface area contributed by atoms with Crippen molar-refractivity contribution in [2.75, 3.05) is 6.54 Å². The average molecular weight is 300 g/mol. The predicted octanol–water partition coefficient (Wildman–Crippen LogP) is 2.24. The Morgan fingerprint density at radius 3 is 2.55 bits per heavy atom. The third kappa shape index (κ3) is 3.67. The molecule has 5 heteroatoms. The smallest absolute Gasteiger partial charge is 0.408 e. The van der Waals surface area contributed by atoms with Gasteiger partial charge in [0.05, 0.1) is 0 Å². The van der Waals surface area contributed by atoms with Crippen molar-refractivity contribution < 1.29 is 14.3 Å². The first-order chi connectivity index (χ1) is 10.7. The van der Waals surface area contributed by atoms with E-state index < -0.39 is 12.1 Å². The van der Waals surface area contributed by atoms with Gasteiger partial charge in [-0.3, -0.25) is 4.79 Å². The number of nitrogens with one attached hydrogen (secondary N) is 2. The third-order valence-electron chi connectivity index (χ3n) is 4.11. The number of carbonyl (C=O) groups excluding carboxylic acids is 2. The van der Waals surface area contributed by atoms with Crippen LogP contribution in [0, 0.1) is 0 Å². The van der Waals surface area contributed by atoms with Crippen LogP contribution in [-0.4, -0.2) is 30.7 Å². The van der Waals surface area contributed by atoms with Gasteiger partial charge in [-0.1, -0.05) is 42.0 Å². The van der Waals surface area contributed by atoms with Gasteiger partial charge in [0.25, 0.3) is 0 Å². The normalized spacial score (nSPS) is 24.0. The van der Waals surface area contributed by atoms with E-state index in [2.05, 4.69) is 28.8 Å². The highest BCUT2D eigenvalue weighted by Gasteiger charge is 2.30. The Kier molecular flexibility index (Phi) is 4.42. The van der Waals surface area contributed by atoms with E-state index in [0.717, 1.165) is 25.7 Å². The number of ether oxygens (including phenoxy) is 1. The number of benzene rings is 1. The number of amides is 2. The Labute approximate surface area is 129 Å². The highest BCUT2D eigenvalue weighted by Crippen LogP contribution is 2.27. The molecule has 1 aromatic carbocycles. The van der Waals surface area contributed by atoms with E-state index in [1.165, 1.54) is 11.1 Å². The summed E-state index contributed by atoms with van der Waals surface area (Å²) in [6.45, 7) is 0.489. The van der Waals surface area contributed by atoms with Crippen LogP contribution in [0.15, 0.2) is 35.9 Å². The van der Waals surface area contributed by atoms with Crippen molar-refractivity contribution in [2.45, 2.75) is 37.8 Å². The topological polar surface area (TPSA) is 67.4 Å². The molecule has 0 unspecified atom stereocenters. The lowest BCUT2D eigenvalue weighted by Crippen LogP contribution is -2.62. The van der Waals surface area contributed by atoms with Crippen molar-refractivity contribution in [1.29, 1.82) is 0 Å². The number of allylic oxidation sites excluding steroid dienone is 1. The SMILES string of the molecule is O=C(N[C@H]1CNC1=O)OC1CCC(=Cc2ccccc2)CC1. The average Bonchev–Trinajstić information content (AvgIpc) is 2.54. The van der Waals surface area contributed by atoms with Crippen molar-refractivity contribution >= 4 is 18.1 Å². The van der Waals surface area contributed by atoms with E-state index in [0.29, 0.717) is 6.54 Å². The van der Waals surface area contributed by atoms with Gasteiger partial charge in [-0.05, 0) is 31.2 Å². The van der Waals surface area contributed by atoms with Crippen LogP contribution in [0.3, 0.4) is 0 Å². The number of β-lactam (4-membered cyclic amide) rings is 1. The minimum absolute atomic E-state index is 0.0592. The van der Waals surface area contributed by atoms with E-state index in [-0.39, 0.29) is 12.0 Å². The Morgan fingerprint density at radius 1 is 1.23 bits per heavy atom. The first kappa shape index (κ1) is 14.6. The molecule has 2 aliphatic rings. The molecule has 1 atom stereocenters. The number of hydrogen-bond donors (Lipinski definition) is 2. The molecule has 116 valence electrons. The molecule has 5 nitrogen and oxygen atoms in total. The molecule has 22 heavy (non-hydrogen) atoms. The van der Waals surface area contributed by atoms with Crippen molar-refractivity contribution in [3.63, 3.8) is 0 Å². The molecule has 0 spiro atoms.